The maximum atomic E-state index is 12.8. The number of carbonyl (C=O) groups excluding carboxylic acids is 2. The molecule has 2 saturated heterocycles. The van der Waals surface area contributed by atoms with Gasteiger partial charge in [0.25, 0.3) is 0 Å². The first-order valence-corrected chi connectivity index (χ1v) is 8.93. The van der Waals surface area contributed by atoms with Crippen molar-refractivity contribution in [2.75, 3.05) is 31.6 Å². The fraction of sp³-hybridized carbons (Fsp3) is 0.529. The second-order valence-corrected chi connectivity index (χ2v) is 7.02. The number of amides is 2. The largest absolute Gasteiger partial charge is 0.338 e. The minimum atomic E-state index is -0.528. The number of carbonyl (C=O) groups is 2. The molecule has 3 rings (SSSR count). The van der Waals surface area contributed by atoms with Crippen LogP contribution in [0.15, 0.2) is 28.7 Å². The second-order valence-electron chi connectivity index (χ2n) is 6.17. The molecule has 2 aliphatic heterocycles. The molecule has 23 heavy (non-hydrogen) atoms. The molecule has 5 nitrogen and oxygen atoms in total. The predicted octanol–water partition coefficient (Wildman–Crippen LogP) is 2.01. The van der Waals surface area contributed by atoms with Crippen LogP contribution in [-0.4, -0.2) is 49.4 Å². The van der Waals surface area contributed by atoms with Crippen LogP contribution in [0.4, 0.5) is 5.69 Å². The van der Waals surface area contributed by atoms with Gasteiger partial charge in [-0.05, 0) is 54.4 Å². The summed E-state index contributed by atoms with van der Waals surface area (Å²) >= 11 is 3.49. The highest BCUT2D eigenvalue weighted by molar-refractivity contribution is 9.10. The van der Waals surface area contributed by atoms with Gasteiger partial charge in [0, 0.05) is 30.1 Å². The van der Waals surface area contributed by atoms with E-state index in [-0.39, 0.29) is 17.9 Å². The number of hydrogen-bond acceptors (Lipinski definition) is 3. The van der Waals surface area contributed by atoms with Gasteiger partial charge >= 0.3 is 0 Å². The summed E-state index contributed by atoms with van der Waals surface area (Å²) in [7, 11) is 1.90. The van der Waals surface area contributed by atoms with Gasteiger partial charge in [0.1, 0.15) is 5.92 Å². The Balaban J connectivity index is 1.74. The molecule has 124 valence electrons. The quantitative estimate of drug-likeness (QED) is 0.814. The van der Waals surface area contributed by atoms with E-state index in [9.17, 15) is 9.59 Å². The molecule has 0 bridgehead atoms. The van der Waals surface area contributed by atoms with E-state index in [2.05, 4.69) is 21.2 Å². The van der Waals surface area contributed by atoms with E-state index in [1.165, 1.54) is 0 Å². The van der Waals surface area contributed by atoms with Gasteiger partial charge in [-0.1, -0.05) is 12.1 Å². The lowest BCUT2D eigenvalue weighted by atomic mass is 10.1. The maximum absolute atomic E-state index is 12.8. The van der Waals surface area contributed by atoms with Gasteiger partial charge in [-0.15, -0.1) is 0 Å². The zero-order chi connectivity index (χ0) is 16.4. The number of hydrogen-bond donors (Lipinski definition) is 1. The first-order valence-electron chi connectivity index (χ1n) is 8.14. The van der Waals surface area contributed by atoms with E-state index in [1.54, 1.807) is 4.90 Å². The van der Waals surface area contributed by atoms with Crippen molar-refractivity contribution in [2.24, 2.45) is 5.92 Å². The molecule has 6 heteroatoms. The molecule has 0 aliphatic carbocycles. The summed E-state index contributed by atoms with van der Waals surface area (Å²) in [5.41, 5.74) is 0.848. The number of likely N-dealkylation sites (N-methyl/N-ethyl adjacent to an activating group) is 1. The number of benzene rings is 1. The first kappa shape index (κ1) is 16.5. The van der Waals surface area contributed by atoms with Gasteiger partial charge < -0.3 is 15.1 Å². The zero-order valence-electron chi connectivity index (χ0n) is 13.3. The lowest BCUT2D eigenvalue weighted by Gasteiger charge is -2.27. The van der Waals surface area contributed by atoms with Crippen molar-refractivity contribution in [3.63, 3.8) is 0 Å². The molecule has 0 spiro atoms. The minimum Gasteiger partial charge on any atom is -0.338 e. The molecule has 1 aromatic carbocycles. The number of anilines is 1. The van der Waals surface area contributed by atoms with Crippen molar-refractivity contribution in [1.82, 2.24) is 10.2 Å². The lowest BCUT2D eigenvalue weighted by molar-refractivity contribution is -0.140. The fourth-order valence-corrected chi connectivity index (χ4v) is 4.09. The van der Waals surface area contributed by atoms with Crippen LogP contribution in [0.25, 0.3) is 0 Å². The Morgan fingerprint density at radius 1 is 1.30 bits per heavy atom. The lowest BCUT2D eigenvalue weighted by Crippen LogP contribution is -2.45. The second kappa shape index (κ2) is 7.01. The Labute approximate surface area is 145 Å². The average molecular weight is 380 g/mol. The van der Waals surface area contributed by atoms with Crippen LogP contribution < -0.4 is 10.2 Å². The Bertz CT molecular complexity index is 607. The number of likely N-dealkylation sites (tertiary alicyclic amines) is 1. The molecule has 2 atom stereocenters. The summed E-state index contributed by atoms with van der Waals surface area (Å²) in [6.45, 7) is 2.16. The van der Waals surface area contributed by atoms with Gasteiger partial charge in [0.15, 0.2) is 0 Å². The van der Waals surface area contributed by atoms with E-state index < -0.39 is 5.92 Å². The van der Waals surface area contributed by atoms with E-state index in [0.29, 0.717) is 13.0 Å². The molecular formula is C17H22BrN3O2. The summed E-state index contributed by atoms with van der Waals surface area (Å²) in [5.74, 6) is -0.598. The number of nitrogens with zero attached hydrogens (tertiary/aromatic N) is 2. The van der Waals surface area contributed by atoms with Crippen molar-refractivity contribution in [2.45, 2.75) is 25.3 Å². The molecular weight excluding hydrogens is 358 g/mol. The average Bonchev–Trinajstić information content (AvgIpc) is 3.15. The molecule has 1 N–H and O–H groups in total. The smallest absolute Gasteiger partial charge is 0.239 e. The highest BCUT2D eigenvalue weighted by atomic mass is 79.9. The number of halogens is 1. The monoisotopic (exact) mass is 379 g/mol. The SMILES string of the molecule is CNCC1CCCN1C(=O)C1CCN(c2ccccc2Br)C1=O. The zero-order valence-corrected chi connectivity index (χ0v) is 14.9. The van der Waals surface area contributed by atoms with Crippen LogP contribution in [-0.2, 0) is 9.59 Å². The highest BCUT2D eigenvalue weighted by Gasteiger charge is 2.42. The normalized spacial score (nSPS) is 24.5. The Kier molecular flexibility index (Phi) is 5.02. The number of para-hydroxylation sites is 1. The van der Waals surface area contributed by atoms with Crippen LogP contribution in [0.2, 0.25) is 0 Å². The van der Waals surface area contributed by atoms with Gasteiger partial charge in [-0.3, -0.25) is 9.59 Å². The standard InChI is InChI=1S/C17H22BrN3O2/c1-19-11-12-5-4-9-20(12)16(22)13-8-10-21(17(13)23)15-7-3-2-6-14(15)18/h2-3,6-7,12-13,19H,4-5,8-11H2,1H3. The Hall–Kier alpha value is -1.40. The molecule has 2 heterocycles. The number of nitrogens with one attached hydrogen (secondary N) is 1. The van der Waals surface area contributed by atoms with Gasteiger partial charge in [-0.2, -0.15) is 0 Å². The van der Waals surface area contributed by atoms with Gasteiger partial charge in [0.05, 0.1) is 5.69 Å². The van der Waals surface area contributed by atoms with Crippen molar-refractivity contribution >= 4 is 33.4 Å². The molecule has 0 aromatic heterocycles. The molecule has 2 unspecified atom stereocenters. The van der Waals surface area contributed by atoms with E-state index in [0.717, 1.165) is 36.1 Å². The van der Waals surface area contributed by atoms with E-state index >= 15 is 0 Å². The van der Waals surface area contributed by atoms with E-state index in [1.807, 2.05) is 36.2 Å². The molecule has 1 aromatic rings. The van der Waals surface area contributed by atoms with E-state index in [4.69, 9.17) is 0 Å². The maximum Gasteiger partial charge on any atom is 0.239 e. The van der Waals surface area contributed by atoms with Crippen molar-refractivity contribution in [1.29, 1.82) is 0 Å². The van der Waals surface area contributed by atoms with Crippen molar-refractivity contribution < 1.29 is 9.59 Å². The summed E-state index contributed by atoms with van der Waals surface area (Å²) < 4.78 is 0.885. The molecule has 2 fully saturated rings. The van der Waals surface area contributed by atoms with Gasteiger partial charge in [0.2, 0.25) is 11.8 Å². The van der Waals surface area contributed by atoms with Crippen molar-refractivity contribution in [3.8, 4) is 0 Å². The molecule has 2 amide bonds. The third kappa shape index (κ3) is 3.15. The first-order chi connectivity index (χ1) is 11.1. The molecule has 2 aliphatic rings. The Morgan fingerprint density at radius 2 is 2.09 bits per heavy atom. The third-order valence-corrected chi connectivity index (χ3v) is 5.42. The molecule has 0 radical (unpaired) electrons. The predicted molar refractivity (Wildman–Crippen MR) is 93.3 cm³/mol. The fourth-order valence-electron chi connectivity index (χ4n) is 3.59. The summed E-state index contributed by atoms with van der Waals surface area (Å²) in [6.07, 6.45) is 2.64. The van der Waals surface area contributed by atoms with Crippen LogP contribution in [0.3, 0.4) is 0 Å². The third-order valence-electron chi connectivity index (χ3n) is 4.75. The van der Waals surface area contributed by atoms with Crippen LogP contribution >= 0.6 is 15.9 Å². The van der Waals surface area contributed by atoms with Crippen molar-refractivity contribution in [3.05, 3.63) is 28.7 Å². The summed E-state index contributed by atoms with van der Waals surface area (Å²) in [6, 6.07) is 7.88. The summed E-state index contributed by atoms with van der Waals surface area (Å²) in [4.78, 5) is 29.2. The van der Waals surface area contributed by atoms with Crippen LogP contribution in [0, 0.1) is 5.92 Å². The van der Waals surface area contributed by atoms with Gasteiger partial charge in [-0.25, -0.2) is 0 Å². The van der Waals surface area contributed by atoms with Crippen LogP contribution in [0.1, 0.15) is 19.3 Å². The Morgan fingerprint density at radius 3 is 2.83 bits per heavy atom. The van der Waals surface area contributed by atoms with Crippen LogP contribution in [0.5, 0.6) is 0 Å². The topological polar surface area (TPSA) is 52.7 Å². The molecule has 0 saturated carbocycles. The number of rotatable bonds is 4. The minimum absolute atomic E-state index is 0.00213. The summed E-state index contributed by atoms with van der Waals surface area (Å²) in [5, 5.41) is 3.14. The highest BCUT2D eigenvalue weighted by Crippen LogP contribution is 2.33.